The fraction of sp³-hybridized carbons (Fsp3) is 0.667. The van der Waals surface area contributed by atoms with Crippen LogP contribution in [0.5, 0.6) is 0 Å². The average Bonchev–Trinajstić information content (AvgIpc) is 1.86. The summed E-state index contributed by atoms with van der Waals surface area (Å²) in [7, 11) is 0. The third kappa shape index (κ3) is 306. The molecule has 0 heterocycles. The molecule has 0 radical (unpaired) electrons. The Morgan fingerprint density at radius 1 is 1.20 bits per heavy atom. The molecule has 80 valence electrons. The van der Waals surface area contributed by atoms with Crippen molar-refractivity contribution in [2.45, 2.75) is 13.8 Å². The number of aliphatic carboxylic acids is 2. The first-order valence-electron chi connectivity index (χ1n) is 3.30. The van der Waals surface area contributed by atoms with Gasteiger partial charge >= 0.3 is 59.1 Å². The molecule has 0 fully saturated rings. The number of rotatable bonds is 2. The molecule has 0 atom stereocenters. The van der Waals surface area contributed by atoms with Gasteiger partial charge in [-0.3, -0.25) is 0 Å². The van der Waals surface area contributed by atoms with E-state index in [1.54, 1.807) is 0 Å². The molecule has 0 unspecified atom stereocenters. The maximum Gasteiger partial charge on any atom is 1.00 e. The first kappa shape index (κ1) is 29.7. The van der Waals surface area contributed by atoms with Crippen molar-refractivity contribution in [3.63, 3.8) is 0 Å². The Balaban J connectivity index is -0.0000000315. The molecule has 0 bridgehead atoms. The molecule has 7 nitrogen and oxygen atoms in total. The Hall–Kier alpha value is 0.820. The predicted octanol–water partition coefficient (Wildman–Crippen LogP) is -9.56. The Bertz CT molecular complexity index is 115. The number of nitrogens with two attached hydrogens (primary N) is 1. The second-order valence-corrected chi connectivity index (χ2v) is 1.68. The summed E-state index contributed by atoms with van der Waals surface area (Å²) in [5.74, 6) is -2.17. The number of hydroxylamine groups is 1. The number of carboxylic acids is 2. The summed E-state index contributed by atoms with van der Waals surface area (Å²) >= 11 is 0. The summed E-state index contributed by atoms with van der Waals surface area (Å²) in [4.78, 5) is 17.8. The molecule has 4 N–H and O–H groups in total. The van der Waals surface area contributed by atoms with Gasteiger partial charge in [-0.1, -0.05) is 0 Å². The van der Waals surface area contributed by atoms with Gasteiger partial charge in [-0.15, -0.1) is 0 Å². The van der Waals surface area contributed by atoms with E-state index in [1.807, 2.05) is 5.48 Å². The van der Waals surface area contributed by atoms with Gasteiger partial charge in [-0.2, -0.15) is 0 Å². The molecule has 0 saturated carbocycles. The topological polar surface area (TPSA) is 139 Å². The zero-order chi connectivity index (χ0) is 11.3. The van der Waals surface area contributed by atoms with Gasteiger partial charge in [0.05, 0.1) is 0 Å². The number of carbonyl (C=O) groups is 2. The molecule has 9 heteroatoms. The first-order chi connectivity index (χ1) is 5.88. The molecule has 0 aliphatic rings. The summed E-state index contributed by atoms with van der Waals surface area (Å²) in [5.41, 5.74) is 6.81. The minimum Gasteiger partial charge on any atom is -0.550 e. The van der Waals surface area contributed by atoms with E-state index in [-0.39, 0.29) is 59.1 Å². The van der Waals surface area contributed by atoms with E-state index in [4.69, 9.17) is 30.7 Å². The van der Waals surface area contributed by atoms with Crippen LogP contribution in [0.3, 0.4) is 0 Å². The zero-order valence-corrected chi connectivity index (χ0v) is 13.6. The number of nitrogens with one attached hydrogen (secondary N) is 1. The van der Waals surface area contributed by atoms with Gasteiger partial charge in [0.1, 0.15) is 0 Å². The molecule has 0 aromatic heterocycles. The summed E-state index contributed by atoms with van der Waals surface area (Å²) in [5, 5.41) is 25.5. The zero-order valence-electron chi connectivity index (χ0n) is 9.57. The third-order valence-electron chi connectivity index (χ3n) is 0.256. The van der Waals surface area contributed by atoms with E-state index in [9.17, 15) is 0 Å². The molecule has 15 heavy (non-hydrogen) atoms. The van der Waals surface area contributed by atoms with Crippen LogP contribution in [0.15, 0.2) is 0 Å². The fourth-order valence-corrected chi connectivity index (χ4v) is 0.0645. The van der Waals surface area contributed by atoms with Gasteiger partial charge in [0.25, 0.3) is 0 Å². The van der Waals surface area contributed by atoms with Crippen LogP contribution < -0.4 is 80.5 Å². The van der Waals surface area contributed by atoms with E-state index in [1.165, 1.54) is 0 Å². The molecule has 0 aromatic carbocycles. The summed E-state index contributed by atoms with van der Waals surface area (Å²) in [6.45, 7) is 2.90. The van der Waals surface area contributed by atoms with Crippen LogP contribution >= 0.6 is 0 Å². The summed E-state index contributed by atoms with van der Waals surface area (Å²) < 4.78 is 0. The van der Waals surface area contributed by atoms with E-state index in [0.29, 0.717) is 13.1 Å². The van der Waals surface area contributed by atoms with Crippen molar-refractivity contribution in [2.24, 2.45) is 5.73 Å². The smallest absolute Gasteiger partial charge is 0.550 e. The predicted molar refractivity (Wildman–Crippen MR) is 40.2 cm³/mol. The maximum atomic E-state index is 8.89. The van der Waals surface area contributed by atoms with Gasteiger partial charge in [0.2, 0.25) is 0 Å². The number of carbonyl (C=O) groups excluding carboxylic acids is 2. The number of carboxylic acid groups (broad SMARTS) is 2. The van der Waals surface area contributed by atoms with Gasteiger partial charge < -0.3 is 30.7 Å². The van der Waals surface area contributed by atoms with Crippen LogP contribution in [0.4, 0.5) is 0 Å². The van der Waals surface area contributed by atoms with Crippen LogP contribution in [0, 0.1) is 0 Å². The van der Waals surface area contributed by atoms with Crippen molar-refractivity contribution < 1.29 is 84.1 Å². The van der Waals surface area contributed by atoms with E-state index >= 15 is 0 Å². The number of hydrogen-bond acceptors (Lipinski definition) is 7. The molecule has 0 saturated heterocycles. The normalized spacial score (nSPS) is 6.13. The van der Waals surface area contributed by atoms with Gasteiger partial charge in [0, 0.05) is 25.0 Å². The van der Waals surface area contributed by atoms with Gasteiger partial charge in [0.15, 0.2) is 0 Å². The van der Waals surface area contributed by atoms with Crippen LogP contribution in [-0.2, 0) is 9.59 Å². The summed E-state index contributed by atoms with van der Waals surface area (Å²) in [6, 6.07) is 0. The van der Waals surface area contributed by atoms with Crippen molar-refractivity contribution in [3.8, 4) is 0 Å². The van der Waals surface area contributed by atoms with Gasteiger partial charge in [-0.05, 0) is 13.8 Å². The minimum atomic E-state index is -1.08. The molecule has 0 amide bonds. The minimum absolute atomic E-state index is 0. The SMILES string of the molecule is CC(=O)[O-].CC(=O)[O-].NCCNO.[Na+].[Na+]. The molecule has 0 aliphatic carbocycles. The Morgan fingerprint density at radius 2 is 1.40 bits per heavy atom. The Kier molecular flexibility index (Phi) is 58.1. The quantitative estimate of drug-likeness (QED) is 0.321. The second-order valence-electron chi connectivity index (χ2n) is 1.68. The van der Waals surface area contributed by atoms with E-state index in [2.05, 4.69) is 0 Å². The largest absolute Gasteiger partial charge is 1.00 e. The molecule has 0 rings (SSSR count). The monoisotopic (exact) mass is 240 g/mol. The molecule has 0 aliphatic heterocycles. The number of hydrogen-bond donors (Lipinski definition) is 3. The van der Waals surface area contributed by atoms with Gasteiger partial charge in [-0.25, -0.2) is 5.48 Å². The second kappa shape index (κ2) is 29.4. The molecule has 0 spiro atoms. The summed E-state index contributed by atoms with van der Waals surface area (Å²) in [6.07, 6.45) is 0. The standard InChI is InChI=1S/C2H8N2O.2C2H4O2.2Na/c3-1-2-4-5;2*1-2(3)4;;/h4-5H,1-3H2;2*1H3,(H,3,4);;/q;;;2*+1/p-2. The van der Waals surface area contributed by atoms with E-state index in [0.717, 1.165) is 13.8 Å². The molecular weight excluding hydrogens is 226 g/mol. The molecular formula is C6H14N2Na2O5. The van der Waals surface area contributed by atoms with Crippen molar-refractivity contribution in [1.82, 2.24) is 5.48 Å². The molecule has 0 aromatic rings. The van der Waals surface area contributed by atoms with Crippen LogP contribution in [-0.4, -0.2) is 30.2 Å². The Labute approximate surface area is 133 Å². The fourth-order valence-electron chi connectivity index (χ4n) is 0.0645. The average molecular weight is 240 g/mol. The van der Waals surface area contributed by atoms with Crippen molar-refractivity contribution >= 4 is 11.9 Å². The first-order valence-corrected chi connectivity index (χ1v) is 3.30. The van der Waals surface area contributed by atoms with Crippen molar-refractivity contribution in [1.29, 1.82) is 0 Å². The van der Waals surface area contributed by atoms with Crippen molar-refractivity contribution in [2.75, 3.05) is 13.1 Å². The third-order valence-corrected chi connectivity index (χ3v) is 0.256. The van der Waals surface area contributed by atoms with Crippen molar-refractivity contribution in [3.05, 3.63) is 0 Å². The van der Waals surface area contributed by atoms with E-state index < -0.39 is 11.9 Å². The Morgan fingerprint density at radius 3 is 1.40 bits per heavy atom. The van der Waals surface area contributed by atoms with Crippen LogP contribution in [0.2, 0.25) is 0 Å². The van der Waals surface area contributed by atoms with Crippen LogP contribution in [0.1, 0.15) is 13.8 Å². The van der Waals surface area contributed by atoms with Crippen LogP contribution in [0.25, 0.3) is 0 Å². The maximum absolute atomic E-state index is 8.89.